The van der Waals surface area contributed by atoms with Crippen molar-refractivity contribution in [2.45, 2.75) is 40.2 Å². The van der Waals surface area contributed by atoms with E-state index in [1.165, 1.54) is 4.90 Å². The number of aromatic amines is 1. The molecular formula is C26H28ClN3O4. The van der Waals surface area contributed by atoms with Gasteiger partial charge in [-0.25, -0.2) is 4.79 Å². The van der Waals surface area contributed by atoms with Crippen LogP contribution >= 0.6 is 11.6 Å². The van der Waals surface area contributed by atoms with Crippen molar-refractivity contribution < 1.29 is 19.1 Å². The van der Waals surface area contributed by atoms with E-state index in [1.807, 2.05) is 18.2 Å². The van der Waals surface area contributed by atoms with Gasteiger partial charge in [0.2, 0.25) is 0 Å². The van der Waals surface area contributed by atoms with Gasteiger partial charge in [-0.1, -0.05) is 17.7 Å². The number of nitrogens with one attached hydrogen (secondary N) is 1. The van der Waals surface area contributed by atoms with E-state index in [1.54, 1.807) is 58.2 Å². The maximum Gasteiger partial charge on any atom is 0.355 e. The maximum absolute atomic E-state index is 13.6. The number of pyridine rings is 1. The molecule has 1 N–H and O–H groups in total. The molecule has 0 spiro atoms. The second-order valence-corrected chi connectivity index (χ2v) is 8.40. The molecule has 0 bridgehead atoms. The van der Waals surface area contributed by atoms with E-state index in [2.05, 4.69) is 9.97 Å². The highest BCUT2D eigenvalue weighted by molar-refractivity contribution is 6.30. The van der Waals surface area contributed by atoms with Crippen molar-refractivity contribution in [2.75, 3.05) is 13.2 Å². The Bertz CT molecular complexity index is 1170. The van der Waals surface area contributed by atoms with Crippen LogP contribution in [0.5, 0.6) is 0 Å². The Morgan fingerprint density at radius 3 is 2.44 bits per heavy atom. The number of carbonyl (C=O) groups is 3. The van der Waals surface area contributed by atoms with Gasteiger partial charge in [-0.15, -0.1) is 0 Å². The van der Waals surface area contributed by atoms with Crippen LogP contribution in [-0.2, 0) is 11.2 Å². The summed E-state index contributed by atoms with van der Waals surface area (Å²) in [6.45, 7) is 7.37. The average molecular weight is 482 g/mol. The van der Waals surface area contributed by atoms with E-state index in [0.29, 0.717) is 40.4 Å². The molecule has 1 aromatic carbocycles. The van der Waals surface area contributed by atoms with Crippen LogP contribution in [0, 0.1) is 13.8 Å². The molecule has 0 aliphatic rings. The highest BCUT2D eigenvalue weighted by atomic mass is 35.5. The lowest BCUT2D eigenvalue weighted by Gasteiger charge is -2.29. The minimum absolute atomic E-state index is 0.229. The fourth-order valence-electron chi connectivity index (χ4n) is 3.89. The second kappa shape index (κ2) is 11.1. The number of ether oxygens (including phenoxy) is 1. The number of rotatable bonds is 9. The fraction of sp³-hybridized carbons (Fsp3) is 0.308. The van der Waals surface area contributed by atoms with E-state index in [4.69, 9.17) is 16.3 Å². The van der Waals surface area contributed by atoms with Crippen LogP contribution in [0.15, 0.2) is 48.7 Å². The van der Waals surface area contributed by atoms with Crippen molar-refractivity contribution in [1.82, 2.24) is 14.9 Å². The molecule has 0 unspecified atom stereocenters. The van der Waals surface area contributed by atoms with Crippen molar-refractivity contribution in [1.29, 1.82) is 0 Å². The molecule has 8 heteroatoms. The van der Waals surface area contributed by atoms with Crippen molar-refractivity contribution in [3.8, 4) is 0 Å². The molecule has 0 aliphatic heterocycles. The summed E-state index contributed by atoms with van der Waals surface area (Å²) in [4.78, 5) is 48.2. The summed E-state index contributed by atoms with van der Waals surface area (Å²) in [7, 11) is 0. The number of ketones is 1. The van der Waals surface area contributed by atoms with Gasteiger partial charge in [-0.2, -0.15) is 0 Å². The van der Waals surface area contributed by atoms with Crippen LogP contribution in [0.25, 0.3) is 0 Å². The Hall–Kier alpha value is -3.45. The van der Waals surface area contributed by atoms with Crippen LogP contribution in [0.2, 0.25) is 5.02 Å². The monoisotopic (exact) mass is 481 g/mol. The van der Waals surface area contributed by atoms with Gasteiger partial charge >= 0.3 is 5.97 Å². The first-order valence-electron chi connectivity index (χ1n) is 11.1. The average Bonchev–Trinajstić information content (AvgIpc) is 3.13. The van der Waals surface area contributed by atoms with Gasteiger partial charge in [0.25, 0.3) is 5.91 Å². The summed E-state index contributed by atoms with van der Waals surface area (Å²) in [6, 6.07) is 11.4. The van der Waals surface area contributed by atoms with Crippen LogP contribution in [0.4, 0.5) is 0 Å². The number of hydrogen-bond donors (Lipinski definition) is 1. The normalized spacial score (nSPS) is 11.7. The van der Waals surface area contributed by atoms with E-state index in [9.17, 15) is 14.4 Å². The Kier molecular flexibility index (Phi) is 8.23. The van der Waals surface area contributed by atoms with Gasteiger partial charge in [0.05, 0.1) is 12.6 Å². The first-order chi connectivity index (χ1) is 16.2. The number of esters is 1. The molecule has 2 heterocycles. The quantitative estimate of drug-likeness (QED) is 0.349. The number of nitrogens with zero attached hydrogens (tertiary/aromatic N) is 2. The molecule has 178 valence electrons. The summed E-state index contributed by atoms with van der Waals surface area (Å²) in [5, 5.41) is 0.519. The Morgan fingerprint density at radius 2 is 1.82 bits per heavy atom. The zero-order valence-corrected chi connectivity index (χ0v) is 20.5. The number of Topliss-reactive ketones (excluding diaryl/α,β-unsaturated/α-hetero) is 1. The molecule has 2 aromatic heterocycles. The van der Waals surface area contributed by atoms with Gasteiger partial charge in [-0.05, 0) is 69.7 Å². The van der Waals surface area contributed by atoms with Crippen molar-refractivity contribution in [2.24, 2.45) is 0 Å². The molecule has 0 aliphatic carbocycles. The number of H-pyrrole nitrogens is 1. The Morgan fingerprint density at radius 1 is 1.12 bits per heavy atom. The van der Waals surface area contributed by atoms with Crippen LogP contribution < -0.4 is 0 Å². The van der Waals surface area contributed by atoms with Gasteiger partial charge in [0.15, 0.2) is 5.78 Å². The van der Waals surface area contributed by atoms with Crippen molar-refractivity contribution >= 4 is 29.3 Å². The second-order valence-electron chi connectivity index (χ2n) is 7.96. The number of amides is 1. The molecule has 3 rings (SSSR count). The molecule has 0 saturated carbocycles. The molecule has 0 saturated heterocycles. The van der Waals surface area contributed by atoms with Crippen molar-refractivity contribution in [3.05, 3.63) is 87.5 Å². The van der Waals surface area contributed by atoms with Crippen LogP contribution in [0.1, 0.15) is 62.0 Å². The zero-order valence-electron chi connectivity index (χ0n) is 19.7. The van der Waals surface area contributed by atoms with Gasteiger partial charge in [-0.3, -0.25) is 14.6 Å². The van der Waals surface area contributed by atoms with E-state index >= 15 is 0 Å². The van der Waals surface area contributed by atoms with E-state index < -0.39 is 12.0 Å². The highest BCUT2D eigenvalue weighted by Gasteiger charge is 2.31. The van der Waals surface area contributed by atoms with Crippen LogP contribution in [0.3, 0.4) is 0 Å². The number of halogens is 1. The topological polar surface area (TPSA) is 92.4 Å². The lowest BCUT2D eigenvalue weighted by atomic mass is 9.99. The van der Waals surface area contributed by atoms with E-state index in [-0.39, 0.29) is 24.0 Å². The number of aromatic nitrogens is 2. The third-order valence-corrected chi connectivity index (χ3v) is 5.95. The predicted molar refractivity (Wildman–Crippen MR) is 130 cm³/mol. The van der Waals surface area contributed by atoms with Crippen molar-refractivity contribution in [3.63, 3.8) is 0 Å². The summed E-state index contributed by atoms with van der Waals surface area (Å²) in [5.74, 6) is -1.06. The Labute approximate surface area is 204 Å². The summed E-state index contributed by atoms with van der Waals surface area (Å²) in [5.41, 5.74) is 2.95. The SMILES string of the molecule is CCOC(=O)c1[nH]c(C)c(C(=O)[C@H](C)N(CCc2ccccn2)C(=O)c2ccc(Cl)cc2)c1C. The lowest BCUT2D eigenvalue weighted by molar-refractivity contribution is 0.0519. The number of carbonyl (C=O) groups excluding carboxylic acids is 3. The number of benzene rings is 1. The fourth-order valence-corrected chi connectivity index (χ4v) is 4.01. The molecule has 7 nitrogen and oxygen atoms in total. The van der Waals surface area contributed by atoms with Crippen LogP contribution in [-0.4, -0.2) is 51.7 Å². The minimum atomic E-state index is -0.782. The molecule has 1 atom stereocenters. The zero-order chi connectivity index (χ0) is 24.8. The number of aryl methyl sites for hydroxylation is 1. The molecule has 0 fully saturated rings. The summed E-state index contributed by atoms with van der Waals surface area (Å²) < 4.78 is 5.09. The number of hydrogen-bond acceptors (Lipinski definition) is 5. The third kappa shape index (κ3) is 5.54. The molecule has 3 aromatic rings. The minimum Gasteiger partial charge on any atom is -0.461 e. The summed E-state index contributed by atoms with van der Waals surface area (Å²) in [6.07, 6.45) is 2.18. The standard InChI is InChI=1S/C26H28ClN3O4/c1-5-34-26(33)23-16(2)22(17(3)29-23)24(31)18(4)30(15-13-21-8-6-7-14-28-21)25(32)19-9-11-20(27)12-10-19/h6-12,14,18,29H,5,13,15H2,1-4H3/t18-/m0/s1. The molecular weight excluding hydrogens is 454 g/mol. The third-order valence-electron chi connectivity index (χ3n) is 5.70. The summed E-state index contributed by atoms with van der Waals surface area (Å²) >= 11 is 5.99. The Balaban J connectivity index is 1.93. The maximum atomic E-state index is 13.6. The van der Waals surface area contributed by atoms with Gasteiger partial charge < -0.3 is 14.6 Å². The van der Waals surface area contributed by atoms with E-state index in [0.717, 1.165) is 5.69 Å². The molecule has 1 amide bonds. The smallest absolute Gasteiger partial charge is 0.355 e. The largest absolute Gasteiger partial charge is 0.461 e. The highest BCUT2D eigenvalue weighted by Crippen LogP contribution is 2.23. The predicted octanol–water partition coefficient (Wildman–Crippen LogP) is 4.81. The van der Waals surface area contributed by atoms with Gasteiger partial charge in [0.1, 0.15) is 5.69 Å². The van der Waals surface area contributed by atoms with Gasteiger partial charge in [0, 0.05) is 46.7 Å². The molecule has 0 radical (unpaired) electrons. The molecule has 34 heavy (non-hydrogen) atoms. The first-order valence-corrected chi connectivity index (χ1v) is 11.5. The lowest BCUT2D eigenvalue weighted by Crippen LogP contribution is -2.44. The first kappa shape index (κ1) is 25.2.